The van der Waals surface area contributed by atoms with E-state index in [1.165, 1.54) is 11.1 Å². The zero-order valence-electron chi connectivity index (χ0n) is 15.1. The summed E-state index contributed by atoms with van der Waals surface area (Å²) in [6.07, 6.45) is 2.26. The lowest BCUT2D eigenvalue weighted by Crippen LogP contribution is -2.57. The van der Waals surface area contributed by atoms with Gasteiger partial charge in [-0.3, -0.25) is 9.69 Å². The maximum atomic E-state index is 12.4. The zero-order chi connectivity index (χ0) is 17.8. The SMILES string of the molecule is O=C(NC1CC1)[C@@H]1CN(CC(c2ccccc2)c2ccccc2)CCN1. The molecule has 1 amide bonds. The Labute approximate surface area is 155 Å². The van der Waals surface area contributed by atoms with Crippen LogP contribution >= 0.6 is 0 Å². The summed E-state index contributed by atoms with van der Waals surface area (Å²) in [6.45, 7) is 3.54. The number of hydrogen-bond acceptors (Lipinski definition) is 3. The lowest BCUT2D eigenvalue weighted by Gasteiger charge is -2.35. The van der Waals surface area contributed by atoms with Gasteiger partial charge in [0.05, 0.1) is 6.04 Å². The number of carbonyl (C=O) groups is 1. The fraction of sp³-hybridized carbons (Fsp3) is 0.409. The molecular weight excluding hydrogens is 322 g/mol. The molecule has 26 heavy (non-hydrogen) atoms. The molecule has 4 rings (SSSR count). The average Bonchev–Trinajstić information content (AvgIpc) is 3.52. The van der Waals surface area contributed by atoms with Crippen LogP contribution in [0.2, 0.25) is 0 Å². The molecule has 4 heteroatoms. The maximum absolute atomic E-state index is 12.4. The Morgan fingerprint density at radius 2 is 1.65 bits per heavy atom. The Morgan fingerprint density at radius 3 is 2.23 bits per heavy atom. The monoisotopic (exact) mass is 349 g/mol. The van der Waals surface area contributed by atoms with Crippen molar-refractivity contribution in [1.29, 1.82) is 0 Å². The third-order valence-corrected chi connectivity index (χ3v) is 5.34. The lowest BCUT2D eigenvalue weighted by atomic mass is 9.90. The summed E-state index contributed by atoms with van der Waals surface area (Å²) in [6, 6.07) is 21.7. The number of carbonyl (C=O) groups excluding carboxylic acids is 1. The first-order valence-electron chi connectivity index (χ1n) is 9.65. The molecule has 2 N–H and O–H groups in total. The van der Waals surface area contributed by atoms with Gasteiger partial charge < -0.3 is 10.6 Å². The molecule has 1 aliphatic carbocycles. The average molecular weight is 349 g/mol. The molecule has 2 aliphatic rings. The fourth-order valence-corrected chi connectivity index (χ4v) is 3.71. The van der Waals surface area contributed by atoms with Crippen molar-refractivity contribution in [2.24, 2.45) is 0 Å². The molecular formula is C22H27N3O. The molecule has 0 unspecified atom stereocenters. The highest BCUT2D eigenvalue weighted by Gasteiger charge is 2.31. The van der Waals surface area contributed by atoms with Crippen LogP contribution in [0, 0.1) is 0 Å². The maximum Gasteiger partial charge on any atom is 0.238 e. The highest BCUT2D eigenvalue weighted by Crippen LogP contribution is 2.26. The molecule has 2 aromatic rings. The zero-order valence-corrected chi connectivity index (χ0v) is 15.1. The van der Waals surface area contributed by atoms with E-state index in [4.69, 9.17) is 0 Å². The van der Waals surface area contributed by atoms with Gasteiger partial charge in [-0.1, -0.05) is 60.7 Å². The van der Waals surface area contributed by atoms with Gasteiger partial charge in [-0.25, -0.2) is 0 Å². The third kappa shape index (κ3) is 4.32. The van der Waals surface area contributed by atoms with E-state index in [0.717, 1.165) is 39.0 Å². The van der Waals surface area contributed by atoms with Crippen molar-refractivity contribution < 1.29 is 4.79 Å². The molecule has 1 saturated carbocycles. The highest BCUT2D eigenvalue weighted by atomic mass is 16.2. The van der Waals surface area contributed by atoms with Gasteiger partial charge in [0.2, 0.25) is 5.91 Å². The standard InChI is InChI=1S/C22H27N3O/c26-22(24-19-11-12-19)21-16-25(14-13-23-21)15-20(17-7-3-1-4-8-17)18-9-5-2-6-10-18/h1-10,19-21,23H,11-16H2,(H,24,26)/t21-/m0/s1. The molecule has 0 radical (unpaired) electrons. The smallest absolute Gasteiger partial charge is 0.238 e. The van der Waals surface area contributed by atoms with E-state index in [9.17, 15) is 4.79 Å². The quantitative estimate of drug-likeness (QED) is 0.842. The summed E-state index contributed by atoms with van der Waals surface area (Å²) in [5.41, 5.74) is 2.66. The van der Waals surface area contributed by atoms with Crippen molar-refractivity contribution in [3.8, 4) is 0 Å². The number of amides is 1. The molecule has 2 fully saturated rings. The van der Waals surface area contributed by atoms with Crippen molar-refractivity contribution in [2.75, 3.05) is 26.2 Å². The van der Waals surface area contributed by atoms with E-state index in [0.29, 0.717) is 12.0 Å². The molecule has 1 atom stereocenters. The van der Waals surface area contributed by atoms with Crippen LogP contribution in [0.25, 0.3) is 0 Å². The number of hydrogen-bond donors (Lipinski definition) is 2. The Balaban J connectivity index is 1.47. The first-order chi connectivity index (χ1) is 12.8. The second kappa shape index (κ2) is 8.02. The fourth-order valence-electron chi connectivity index (χ4n) is 3.71. The molecule has 2 aromatic carbocycles. The van der Waals surface area contributed by atoms with Gasteiger partial charge in [0, 0.05) is 38.1 Å². The minimum absolute atomic E-state index is 0.100. The van der Waals surface area contributed by atoms with E-state index in [1.807, 2.05) is 0 Å². The van der Waals surface area contributed by atoms with Crippen LogP contribution in [0.15, 0.2) is 60.7 Å². The first-order valence-corrected chi connectivity index (χ1v) is 9.65. The predicted octanol–water partition coefficient (Wildman–Crippen LogP) is 2.37. The first kappa shape index (κ1) is 17.3. The van der Waals surface area contributed by atoms with E-state index in [-0.39, 0.29) is 11.9 Å². The van der Waals surface area contributed by atoms with Crippen LogP contribution < -0.4 is 10.6 Å². The van der Waals surface area contributed by atoms with Crippen molar-refractivity contribution in [3.05, 3.63) is 71.8 Å². The summed E-state index contributed by atoms with van der Waals surface area (Å²) < 4.78 is 0. The number of nitrogens with zero attached hydrogens (tertiary/aromatic N) is 1. The van der Waals surface area contributed by atoms with E-state index in [1.54, 1.807) is 0 Å². The largest absolute Gasteiger partial charge is 0.352 e. The molecule has 1 saturated heterocycles. The van der Waals surface area contributed by atoms with Crippen LogP contribution in [-0.2, 0) is 4.79 Å². The predicted molar refractivity (Wildman–Crippen MR) is 104 cm³/mol. The van der Waals surface area contributed by atoms with Crippen LogP contribution in [0.1, 0.15) is 29.9 Å². The molecule has 0 aromatic heterocycles. The lowest BCUT2D eigenvalue weighted by molar-refractivity contribution is -0.124. The molecule has 1 heterocycles. The van der Waals surface area contributed by atoms with Crippen molar-refractivity contribution >= 4 is 5.91 Å². The third-order valence-electron chi connectivity index (χ3n) is 5.34. The number of benzene rings is 2. The number of rotatable bonds is 6. The van der Waals surface area contributed by atoms with Crippen LogP contribution in [0.5, 0.6) is 0 Å². The summed E-state index contributed by atoms with van der Waals surface area (Å²) in [5, 5.41) is 6.51. The van der Waals surface area contributed by atoms with Gasteiger partial charge in [-0.15, -0.1) is 0 Å². The van der Waals surface area contributed by atoms with Crippen molar-refractivity contribution in [2.45, 2.75) is 30.8 Å². The minimum atomic E-state index is -0.100. The minimum Gasteiger partial charge on any atom is -0.352 e. The van der Waals surface area contributed by atoms with Crippen LogP contribution in [0.4, 0.5) is 0 Å². The molecule has 0 bridgehead atoms. The van der Waals surface area contributed by atoms with Gasteiger partial charge in [-0.2, -0.15) is 0 Å². The van der Waals surface area contributed by atoms with Gasteiger partial charge in [0.1, 0.15) is 0 Å². The summed E-state index contributed by atoms with van der Waals surface area (Å²) >= 11 is 0. The Hall–Kier alpha value is -2.17. The Morgan fingerprint density at radius 1 is 1.04 bits per heavy atom. The second-order valence-electron chi connectivity index (χ2n) is 7.42. The molecule has 0 spiro atoms. The highest BCUT2D eigenvalue weighted by molar-refractivity contribution is 5.82. The van der Waals surface area contributed by atoms with Crippen LogP contribution in [0.3, 0.4) is 0 Å². The number of nitrogens with one attached hydrogen (secondary N) is 2. The van der Waals surface area contributed by atoms with Gasteiger partial charge in [-0.05, 0) is 24.0 Å². The summed E-state index contributed by atoms with van der Waals surface area (Å²) in [7, 11) is 0. The Kier molecular flexibility index (Phi) is 5.32. The van der Waals surface area contributed by atoms with E-state index >= 15 is 0 Å². The summed E-state index contributed by atoms with van der Waals surface area (Å²) in [4.78, 5) is 14.8. The second-order valence-corrected chi connectivity index (χ2v) is 7.42. The number of piperazine rings is 1. The van der Waals surface area contributed by atoms with Crippen molar-refractivity contribution in [3.63, 3.8) is 0 Å². The normalized spacial score (nSPS) is 20.9. The van der Waals surface area contributed by atoms with Crippen molar-refractivity contribution in [1.82, 2.24) is 15.5 Å². The topological polar surface area (TPSA) is 44.4 Å². The Bertz CT molecular complexity index is 675. The van der Waals surface area contributed by atoms with Gasteiger partial charge >= 0.3 is 0 Å². The van der Waals surface area contributed by atoms with Crippen LogP contribution in [-0.4, -0.2) is 49.1 Å². The van der Waals surface area contributed by atoms with Gasteiger partial charge in [0.25, 0.3) is 0 Å². The molecule has 4 nitrogen and oxygen atoms in total. The summed E-state index contributed by atoms with van der Waals surface area (Å²) in [5.74, 6) is 0.482. The molecule has 1 aliphatic heterocycles. The molecule has 136 valence electrons. The van der Waals surface area contributed by atoms with Gasteiger partial charge in [0.15, 0.2) is 0 Å². The van der Waals surface area contributed by atoms with E-state index in [2.05, 4.69) is 76.2 Å². The van der Waals surface area contributed by atoms with E-state index < -0.39 is 0 Å².